The highest BCUT2D eigenvalue weighted by atomic mass is 16.2. The standard InChI is InChI=1S/C16H27N3O/c1-6-17-16(20)13(3)19(7-2)12-14-8-10-15(11-9-14)18(4)5/h8-11,13H,6-7,12H2,1-5H3,(H,17,20)/p+1/t13-/m0/s1. The third-order valence-electron chi connectivity index (χ3n) is 3.69. The molecule has 2 atom stereocenters. The Balaban J connectivity index is 2.70. The molecule has 0 aromatic heterocycles. The van der Waals surface area contributed by atoms with E-state index in [1.54, 1.807) is 0 Å². The summed E-state index contributed by atoms with van der Waals surface area (Å²) in [5.41, 5.74) is 2.46. The van der Waals surface area contributed by atoms with Gasteiger partial charge in [-0.05, 0) is 32.9 Å². The first-order valence-electron chi connectivity index (χ1n) is 7.38. The quantitative estimate of drug-likeness (QED) is 0.770. The molecule has 1 aromatic rings. The molecule has 0 saturated carbocycles. The number of benzene rings is 1. The second kappa shape index (κ2) is 7.90. The molecular weight excluding hydrogens is 250 g/mol. The van der Waals surface area contributed by atoms with Gasteiger partial charge in [0, 0.05) is 31.9 Å². The molecule has 0 aliphatic carbocycles. The van der Waals surface area contributed by atoms with Crippen molar-refractivity contribution in [2.24, 2.45) is 0 Å². The highest BCUT2D eigenvalue weighted by Crippen LogP contribution is 2.11. The van der Waals surface area contributed by atoms with Crippen LogP contribution in [-0.4, -0.2) is 39.1 Å². The fourth-order valence-electron chi connectivity index (χ4n) is 2.27. The molecule has 0 heterocycles. The van der Waals surface area contributed by atoms with E-state index in [1.807, 2.05) is 27.9 Å². The number of carbonyl (C=O) groups excluding carboxylic acids is 1. The van der Waals surface area contributed by atoms with Crippen molar-refractivity contribution in [1.29, 1.82) is 0 Å². The third-order valence-corrected chi connectivity index (χ3v) is 3.69. The largest absolute Gasteiger partial charge is 0.378 e. The van der Waals surface area contributed by atoms with Crippen molar-refractivity contribution in [3.05, 3.63) is 29.8 Å². The number of hydrogen-bond acceptors (Lipinski definition) is 2. The van der Waals surface area contributed by atoms with E-state index in [0.29, 0.717) is 6.54 Å². The molecule has 2 N–H and O–H groups in total. The minimum absolute atomic E-state index is 0.0199. The average molecular weight is 278 g/mol. The Morgan fingerprint density at radius 3 is 2.30 bits per heavy atom. The number of carbonyl (C=O) groups is 1. The van der Waals surface area contributed by atoms with Gasteiger partial charge in [-0.2, -0.15) is 0 Å². The van der Waals surface area contributed by atoms with Crippen LogP contribution in [0.5, 0.6) is 0 Å². The molecule has 4 nitrogen and oxygen atoms in total. The van der Waals surface area contributed by atoms with E-state index in [0.717, 1.165) is 13.1 Å². The number of amides is 1. The van der Waals surface area contributed by atoms with Gasteiger partial charge in [0.1, 0.15) is 6.54 Å². The minimum atomic E-state index is -0.0199. The lowest BCUT2D eigenvalue weighted by atomic mass is 10.1. The Hall–Kier alpha value is -1.55. The zero-order chi connectivity index (χ0) is 15.1. The molecule has 0 spiro atoms. The van der Waals surface area contributed by atoms with Crippen LogP contribution < -0.4 is 15.1 Å². The molecule has 1 rings (SSSR count). The number of rotatable bonds is 7. The average Bonchev–Trinajstić information content (AvgIpc) is 2.44. The van der Waals surface area contributed by atoms with Gasteiger partial charge in [0.25, 0.3) is 5.91 Å². The summed E-state index contributed by atoms with van der Waals surface area (Å²) in [7, 11) is 4.07. The predicted octanol–water partition coefficient (Wildman–Crippen LogP) is 0.682. The van der Waals surface area contributed by atoms with Gasteiger partial charge in [-0.1, -0.05) is 12.1 Å². The molecule has 0 aliphatic heterocycles. The minimum Gasteiger partial charge on any atom is -0.378 e. The van der Waals surface area contributed by atoms with Crippen molar-refractivity contribution >= 4 is 11.6 Å². The Kier molecular flexibility index (Phi) is 6.52. The lowest BCUT2D eigenvalue weighted by Crippen LogP contribution is -3.15. The molecule has 0 radical (unpaired) electrons. The SMILES string of the molecule is CCNC(=O)[C@H](C)[NH+](CC)Cc1ccc(N(C)C)cc1. The summed E-state index contributed by atoms with van der Waals surface area (Å²) in [6, 6.07) is 8.53. The first-order valence-corrected chi connectivity index (χ1v) is 7.38. The van der Waals surface area contributed by atoms with E-state index in [2.05, 4.69) is 41.4 Å². The molecule has 20 heavy (non-hydrogen) atoms. The van der Waals surface area contributed by atoms with E-state index in [-0.39, 0.29) is 11.9 Å². The molecule has 1 amide bonds. The molecular formula is C16H28N3O+. The van der Waals surface area contributed by atoms with Gasteiger partial charge in [0.05, 0.1) is 6.54 Å². The van der Waals surface area contributed by atoms with Gasteiger partial charge in [0.15, 0.2) is 6.04 Å². The van der Waals surface area contributed by atoms with Crippen molar-refractivity contribution < 1.29 is 9.69 Å². The molecule has 0 fully saturated rings. The summed E-state index contributed by atoms with van der Waals surface area (Å²) in [5.74, 6) is 0.134. The van der Waals surface area contributed by atoms with Gasteiger partial charge in [-0.3, -0.25) is 4.79 Å². The zero-order valence-electron chi connectivity index (χ0n) is 13.4. The summed E-state index contributed by atoms with van der Waals surface area (Å²) in [4.78, 5) is 15.3. The number of nitrogens with zero attached hydrogens (tertiary/aromatic N) is 1. The Morgan fingerprint density at radius 1 is 1.25 bits per heavy atom. The van der Waals surface area contributed by atoms with E-state index < -0.39 is 0 Å². The van der Waals surface area contributed by atoms with Crippen molar-refractivity contribution in [2.75, 3.05) is 32.1 Å². The Labute approximate surface area is 122 Å². The maximum atomic E-state index is 11.9. The van der Waals surface area contributed by atoms with E-state index in [1.165, 1.54) is 16.2 Å². The third kappa shape index (κ3) is 4.53. The summed E-state index contributed by atoms with van der Waals surface area (Å²) < 4.78 is 0. The number of nitrogens with one attached hydrogen (secondary N) is 2. The van der Waals surface area contributed by atoms with Crippen molar-refractivity contribution in [3.8, 4) is 0 Å². The fraction of sp³-hybridized carbons (Fsp3) is 0.562. The van der Waals surface area contributed by atoms with Crippen LogP contribution >= 0.6 is 0 Å². The van der Waals surface area contributed by atoms with E-state index >= 15 is 0 Å². The lowest BCUT2D eigenvalue weighted by molar-refractivity contribution is -0.926. The van der Waals surface area contributed by atoms with Crippen molar-refractivity contribution in [2.45, 2.75) is 33.4 Å². The summed E-state index contributed by atoms with van der Waals surface area (Å²) >= 11 is 0. The molecule has 0 bridgehead atoms. The predicted molar refractivity (Wildman–Crippen MR) is 84.1 cm³/mol. The van der Waals surface area contributed by atoms with E-state index in [4.69, 9.17) is 0 Å². The van der Waals surface area contributed by atoms with Crippen LogP contribution in [0.3, 0.4) is 0 Å². The molecule has 4 heteroatoms. The maximum Gasteiger partial charge on any atom is 0.278 e. The van der Waals surface area contributed by atoms with Crippen LogP contribution in [0.25, 0.3) is 0 Å². The Bertz CT molecular complexity index is 414. The monoisotopic (exact) mass is 278 g/mol. The first kappa shape index (κ1) is 16.5. The normalized spacial score (nSPS) is 13.7. The van der Waals surface area contributed by atoms with Crippen LogP contribution in [0.2, 0.25) is 0 Å². The van der Waals surface area contributed by atoms with Gasteiger partial charge >= 0.3 is 0 Å². The second-order valence-electron chi connectivity index (χ2n) is 5.37. The Morgan fingerprint density at radius 2 is 1.85 bits per heavy atom. The van der Waals surface area contributed by atoms with Crippen molar-refractivity contribution in [3.63, 3.8) is 0 Å². The van der Waals surface area contributed by atoms with Crippen LogP contribution in [0.15, 0.2) is 24.3 Å². The maximum absolute atomic E-state index is 11.9. The first-order chi connectivity index (χ1) is 9.49. The highest BCUT2D eigenvalue weighted by Gasteiger charge is 2.23. The summed E-state index contributed by atoms with van der Waals surface area (Å²) in [6.07, 6.45) is 0. The number of hydrogen-bond donors (Lipinski definition) is 2. The summed E-state index contributed by atoms with van der Waals surface area (Å²) in [6.45, 7) is 8.58. The van der Waals surface area contributed by atoms with E-state index in [9.17, 15) is 4.79 Å². The van der Waals surface area contributed by atoms with Gasteiger partial charge in [-0.25, -0.2) is 0 Å². The van der Waals surface area contributed by atoms with Gasteiger partial charge < -0.3 is 15.1 Å². The topological polar surface area (TPSA) is 36.8 Å². The zero-order valence-corrected chi connectivity index (χ0v) is 13.4. The van der Waals surface area contributed by atoms with Crippen LogP contribution in [0.4, 0.5) is 5.69 Å². The lowest BCUT2D eigenvalue weighted by Gasteiger charge is -2.24. The van der Waals surface area contributed by atoms with Crippen molar-refractivity contribution in [1.82, 2.24) is 5.32 Å². The van der Waals surface area contributed by atoms with Crippen LogP contribution in [0, 0.1) is 0 Å². The van der Waals surface area contributed by atoms with Gasteiger partial charge in [0.2, 0.25) is 0 Å². The number of quaternary nitrogens is 1. The highest BCUT2D eigenvalue weighted by molar-refractivity contribution is 5.79. The number of anilines is 1. The molecule has 0 saturated heterocycles. The molecule has 0 aliphatic rings. The summed E-state index contributed by atoms with van der Waals surface area (Å²) in [5, 5.41) is 2.90. The fourth-order valence-corrected chi connectivity index (χ4v) is 2.27. The molecule has 1 aromatic carbocycles. The molecule has 112 valence electrons. The van der Waals surface area contributed by atoms with Crippen LogP contribution in [0.1, 0.15) is 26.3 Å². The smallest absolute Gasteiger partial charge is 0.278 e. The number of likely N-dealkylation sites (N-methyl/N-ethyl adjacent to an activating group) is 2. The second-order valence-corrected chi connectivity index (χ2v) is 5.37. The van der Waals surface area contributed by atoms with Crippen LogP contribution in [-0.2, 0) is 11.3 Å². The van der Waals surface area contributed by atoms with Gasteiger partial charge in [-0.15, -0.1) is 0 Å². The molecule has 1 unspecified atom stereocenters.